The number of methoxy groups -OCH3 is 1. The standard InChI is InChI=1S/C22H31N3O2S/c1-4-21(26)25(19-8-6-5-7-9-19)22(16-27-3)11-14-24(15-12-22)13-10-20-18(2)23-17-28-20/h5-9,17H,4,10-16H2,1-3H3. The number of ether oxygens (including phenoxy) is 1. The van der Waals surface area contributed by atoms with Crippen molar-refractivity contribution < 1.29 is 9.53 Å². The maximum Gasteiger partial charge on any atom is 0.227 e. The highest BCUT2D eigenvalue weighted by molar-refractivity contribution is 7.09. The van der Waals surface area contributed by atoms with Crippen LogP contribution >= 0.6 is 11.3 Å². The van der Waals surface area contributed by atoms with Crippen molar-refractivity contribution in [2.45, 2.75) is 45.1 Å². The minimum Gasteiger partial charge on any atom is -0.382 e. The van der Waals surface area contributed by atoms with E-state index < -0.39 is 0 Å². The molecule has 5 nitrogen and oxygen atoms in total. The van der Waals surface area contributed by atoms with Crippen molar-refractivity contribution in [3.8, 4) is 0 Å². The molecule has 2 aromatic rings. The molecule has 1 amide bonds. The minimum atomic E-state index is -0.278. The zero-order valence-electron chi connectivity index (χ0n) is 17.2. The zero-order valence-corrected chi connectivity index (χ0v) is 18.0. The van der Waals surface area contributed by atoms with Gasteiger partial charge < -0.3 is 14.5 Å². The lowest BCUT2D eigenvalue weighted by Gasteiger charge is -2.48. The van der Waals surface area contributed by atoms with E-state index in [2.05, 4.69) is 16.8 Å². The van der Waals surface area contributed by atoms with Crippen LogP contribution in [0.15, 0.2) is 35.8 Å². The molecule has 0 atom stereocenters. The highest BCUT2D eigenvalue weighted by Gasteiger charge is 2.42. The predicted molar refractivity (Wildman–Crippen MR) is 115 cm³/mol. The van der Waals surface area contributed by atoms with Crippen LogP contribution in [0.4, 0.5) is 5.69 Å². The normalized spacial score (nSPS) is 16.8. The molecule has 0 unspecified atom stereocenters. The molecule has 1 aromatic carbocycles. The fraction of sp³-hybridized carbons (Fsp3) is 0.545. The Morgan fingerprint density at radius 2 is 2.00 bits per heavy atom. The number of para-hydroxylation sites is 1. The third-order valence-electron chi connectivity index (χ3n) is 5.74. The molecule has 28 heavy (non-hydrogen) atoms. The number of carbonyl (C=O) groups is 1. The van der Waals surface area contributed by atoms with Crippen molar-refractivity contribution in [2.75, 3.05) is 38.3 Å². The van der Waals surface area contributed by atoms with Crippen molar-refractivity contribution in [3.05, 3.63) is 46.4 Å². The Hall–Kier alpha value is -1.76. The van der Waals surface area contributed by atoms with Crippen LogP contribution in [-0.2, 0) is 16.0 Å². The van der Waals surface area contributed by atoms with Gasteiger partial charge in [-0.3, -0.25) is 4.79 Å². The Balaban J connectivity index is 1.73. The van der Waals surface area contributed by atoms with Crippen LogP contribution in [0.1, 0.15) is 36.8 Å². The second-order valence-electron chi connectivity index (χ2n) is 7.53. The first-order chi connectivity index (χ1) is 13.6. The van der Waals surface area contributed by atoms with E-state index in [0.29, 0.717) is 13.0 Å². The van der Waals surface area contributed by atoms with Gasteiger partial charge in [-0.15, -0.1) is 11.3 Å². The summed E-state index contributed by atoms with van der Waals surface area (Å²) >= 11 is 1.74. The van der Waals surface area contributed by atoms with Gasteiger partial charge in [0.25, 0.3) is 0 Å². The number of piperidine rings is 1. The molecular formula is C22H31N3O2S. The molecule has 1 aliphatic heterocycles. The topological polar surface area (TPSA) is 45.7 Å². The SMILES string of the molecule is CCC(=O)N(c1ccccc1)C1(COC)CCN(CCc2scnc2C)CC1. The number of anilines is 1. The van der Waals surface area contributed by atoms with E-state index in [9.17, 15) is 4.79 Å². The molecule has 1 saturated heterocycles. The number of hydrogen-bond acceptors (Lipinski definition) is 5. The summed E-state index contributed by atoms with van der Waals surface area (Å²) in [7, 11) is 1.74. The number of nitrogens with zero attached hydrogens (tertiary/aromatic N) is 3. The third-order valence-corrected chi connectivity index (χ3v) is 6.74. The van der Waals surface area contributed by atoms with E-state index >= 15 is 0 Å². The summed E-state index contributed by atoms with van der Waals surface area (Å²) in [5.41, 5.74) is 3.78. The molecule has 3 rings (SSSR count). The second-order valence-corrected chi connectivity index (χ2v) is 8.47. The first kappa shape index (κ1) is 21.0. The van der Waals surface area contributed by atoms with E-state index in [1.54, 1.807) is 18.4 Å². The molecule has 1 fully saturated rings. The summed E-state index contributed by atoms with van der Waals surface area (Å²) in [6.07, 6.45) is 3.38. The lowest BCUT2D eigenvalue weighted by Crippen LogP contribution is -2.60. The number of rotatable bonds is 8. The molecule has 0 bridgehead atoms. The second kappa shape index (κ2) is 9.63. The highest BCUT2D eigenvalue weighted by atomic mass is 32.1. The molecule has 152 valence electrons. The lowest BCUT2D eigenvalue weighted by molar-refractivity contribution is -0.120. The lowest BCUT2D eigenvalue weighted by atomic mass is 9.85. The first-order valence-electron chi connectivity index (χ1n) is 10.1. The van der Waals surface area contributed by atoms with E-state index in [4.69, 9.17) is 4.74 Å². The number of amides is 1. The van der Waals surface area contributed by atoms with Gasteiger partial charge in [0.05, 0.1) is 23.4 Å². The van der Waals surface area contributed by atoms with Crippen LogP contribution in [0, 0.1) is 6.92 Å². The summed E-state index contributed by atoms with van der Waals surface area (Å²) in [4.78, 5) is 23.2. The molecule has 0 spiro atoms. The highest BCUT2D eigenvalue weighted by Crippen LogP contribution is 2.34. The van der Waals surface area contributed by atoms with Crippen LogP contribution in [0.5, 0.6) is 0 Å². The van der Waals surface area contributed by atoms with Gasteiger partial charge in [0.1, 0.15) is 0 Å². The third kappa shape index (κ3) is 4.62. The molecule has 1 aliphatic rings. The average Bonchev–Trinajstić information content (AvgIpc) is 3.13. The minimum absolute atomic E-state index is 0.164. The van der Waals surface area contributed by atoms with Crippen LogP contribution in [0.25, 0.3) is 0 Å². The maximum atomic E-state index is 12.9. The van der Waals surface area contributed by atoms with Crippen LogP contribution in [-0.4, -0.2) is 54.7 Å². The Labute approximate surface area is 172 Å². The van der Waals surface area contributed by atoms with Crippen LogP contribution in [0.3, 0.4) is 0 Å². The van der Waals surface area contributed by atoms with Gasteiger partial charge >= 0.3 is 0 Å². The monoisotopic (exact) mass is 401 g/mol. The fourth-order valence-electron chi connectivity index (χ4n) is 4.14. The van der Waals surface area contributed by atoms with Gasteiger partial charge in [-0.2, -0.15) is 0 Å². The predicted octanol–water partition coefficient (Wildman–Crippen LogP) is 3.92. The Bertz CT molecular complexity index is 754. The molecule has 0 radical (unpaired) electrons. The van der Waals surface area contributed by atoms with Crippen molar-refractivity contribution in [2.24, 2.45) is 0 Å². The van der Waals surface area contributed by atoms with Crippen molar-refractivity contribution >= 4 is 22.9 Å². The number of aromatic nitrogens is 1. The number of hydrogen-bond donors (Lipinski definition) is 0. The summed E-state index contributed by atoms with van der Waals surface area (Å²) in [6, 6.07) is 10.1. The largest absolute Gasteiger partial charge is 0.382 e. The quantitative estimate of drug-likeness (QED) is 0.673. The number of carbonyl (C=O) groups excluding carboxylic acids is 1. The summed E-state index contributed by atoms with van der Waals surface area (Å²) in [5, 5.41) is 0. The maximum absolute atomic E-state index is 12.9. The van der Waals surface area contributed by atoms with Gasteiger partial charge in [-0.05, 0) is 38.3 Å². The zero-order chi connectivity index (χ0) is 20.0. The van der Waals surface area contributed by atoms with Gasteiger partial charge in [0.2, 0.25) is 5.91 Å². The molecular weight excluding hydrogens is 370 g/mol. The smallest absolute Gasteiger partial charge is 0.227 e. The van der Waals surface area contributed by atoms with Crippen LogP contribution in [0.2, 0.25) is 0 Å². The summed E-state index contributed by atoms with van der Waals surface area (Å²) in [6.45, 7) is 7.57. The molecule has 2 heterocycles. The number of thiazole rings is 1. The van der Waals surface area contributed by atoms with E-state index in [1.165, 1.54) is 4.88 Å². The van der Waals surface area contributed by atoms with Crippen molar-refractivity contribution in [1.29, 1.82) is 0 Å². The Morgan fingerprint density at radius 3 is 2.57 bits per heavy atom. The molecule has 1 aromatic heterocycles. The van der Waals surface area contributed by atoms with Crippen LogP contribution < -0.4 is 4.90 Å². The Kier molecular flexibility index (Phi) is 7.21. The number of aryl methyl sites for hydroxylation is 1. The van der Waals surface area contributed by atoms with E-state index in [0.717, 1.165) is 50.3 Å². The summed E-state index contributed by atoms with van der Waals surface area (Å²) < 4.78 is 5.63. The van der Waals surface area contributed by atoms with E-state index in [-0.39, 0.29) is 11.4 Å². The Morgan fingerprint density at radius 1 is 1.29 bits per heavy atom. The van der Waals surface area contributed by atoms with Crippen molar-refractivity contribution in [3.63, 3.8) is 0 Å². The van der Waals surface area contributed by atoms with Crippen molar-refractivity contribution in [1.82, 2.24) is 9.88 Å². The molecule has 0 aliphatic carbocycles. The van der Waals surface area contributed by atoms with Gasteiger partial charge in [0.15, 0.2) is 0 Å². The number of likely N-dealkylation sites (tertiary alicyclic amines) is 1. The van der Waals surface area contributed by atoms with E-state index in [1.807, 2.05) is 47.7 Å². The van der Waals surface area contributed by atoms with Gasteiger partial charge in [0, 0.05) is 43.7 Å². The molecule has 6 heteroatoms. The molecule has 0 saturated carbocycles. The fourth-order valence-corrected chi connectivity index (χ4v) is 4.91. The molecule has 0 N–H and O–H groups in total. The number of benzene rings is 1. The average molecular weight is 402 g/mol. The van der Waals surface area contributed by atoms with Gasteiger partial charge in [-0.25, -0.2) is 4.98 Å². The van der Waals surface area contributed by atoms with Gasteiger partial charge in [-0.1, -0.05) is 25.1 Å². The first-order valence-corrected chi connectivity index (χ1v) is 11.0. The summed E-state index contributed by atoms with van der Waals surface area (Å²) in [5.74, 6) is 0.164.